The molecule has 0 bridgehead atoms. The molecule has 4 aromatic rings. The topological polar surface area (TPSA) is 98.4 Å². The number of nitrogens with one attached hydrogen (secondary N) is 1. The molecule has 1 fully saturated rings. The van der Waals surface area contributed by atoms with E-state index in [0.29, 0.717) is 28.8 Å². The van der Waals surface area contributed by atoms with E-state index in [4.69, 9.17) is 0 Å². The second-order valence-electron chi connectivity index (χ2n) is 10.3. The Hall–Kier alpha value is -4.67. The van der Waals surface area contributed by atoms with Gasteiger partial charge < -0.3 is 19.9 Å². The summed E-state index contributed by atoms with van der Waals surface area (Å²) in [4.78, 5) is 27.7. The zero-order valence-corrected chi connectivity index (χ0v) is 22.5. The van der Waals surface area contributed by atoms with Crippen LogP contribution < -0.4 is 10.2 Å². The average Bonchev–Trinajstić information content (AvgIpc) is 3.41. The van der Waals surface area contributed by atoms with Crippen LogP contribution in [0, 0.1) is 11.3 Å². The lowest BCUT2D eigenvalue weighted by Crippen LogP contribution is -2.35. The molecule has 5 rings (SSSR count). The van der Waals surface area contributed by atoms with Crippen LogP contribution in [0.4, 0.5) is 17.1 Å². The van der Waals surface area contributed by atoms with E-state index in [1.54, 1.807) is 6.07 Å². The van der Waals surface area contributed by atoms with Crippen molar-refractivity contribution < 1.29 is 14.7 Å². The predicted octanol–water partition coefficient (Wildman–Crippen LogP) is 5.45. The van der Waals surface area contributed by atoms with Gasteiger partial charge in [0.15, 0.2) is 11.6 Å². The summed E-state index contributed by atoms with van der Waals surface area (Å²) in [6.45, 7) is 1.62. The van der Waals surface area contributed by atoms with Crippen molar-refractivity contribution in [3.63, 3.8) is 0 Å². The van der Waals surface area contributed by atoms with Crippen molar-refractivity contribution >= 4 is 28.6 Å². The molecular formula is C33H32N4O3. The number of aromatic nitrogens is 1. The maximum absolute atomic E-state index is 12.9. The van der Waals surface area contributed by atoms with Crippen molar-refractivity contribution in [1.29, 1.82) is 5.26 Å². The van der Waals surface area contributed by atoms with Gasteiger partial charge in [0.1, 0.15) is 6.07 Å². The smallest absolute Gasteiger partial charge is 0.168 e. The molecule has 3 aromatic carbocycles. The fourth-order valence-corrected chi connectivity index (χ4v) is 4.99. The number of Topliss-reactive ketones (excluding diaryl/α,β-unsaturated/α-hetero) is 2. The van der Waals surface area contributed by atoms with Crippen LogP contribution in [0.1, 0.15) is 50.2 Å². The summed E-state index contributed by atoms with van der Waals surface area (Å²) in [5.41, 5.74) is 5.98. The first-order valence-corrected chi connectivity index (χ1v) is 13.5. The van der Waals surface area contributed by atoms with Crippen LogP contribution in [-0.2, 0) is 19.9 Å². The van der Waals surface area contributed by atoms with E-state index in [-0.39, 0.29) is 24.1 Å². The number of carbonyl (C=O) groups excluding carboxylic acids is 2. The Morgan fingerprint density at radius 2 is 1.55 bits per heavy atom. The minimum atomic E-state index is -0.223. The molecule has 1 aliphatic rings. The molecule has 0 saturated carbocycles. The number of carbonyl (C=O) groups is 2. The minimum Gasteiger partial charge on any atom is -0.393 e. The molecule has 0 unspecified atom stereocenters. The molecule has 0 spiro atoms. The highest BCUT2D eigenvalue weighted by atomic mass is 16.3. The number of nitriles is 1. The maximum atomic E-state index is 12.9. The largest absolute Gasteiger partial charge is 0.393 e. The monoisotopic (exact) mass is 532 g/mol. The molecule has 0 radical (unpaired) electrons. The van der Waals surface area contributed by atoms with Gasteiger partial charge in [-0.15, -0.1) is 0 Å². The Kier molecular flexibility index (Phi) is 8.09. The van der Waals surface area contributed by atoms with Gasteiger partial charge in [-0.25, -0.2) is 0 Å². The number of hydrogen-bond acceptors (Lipinski definition) is 6. The second-order valence-corrected chi connectivity index (χ2v) is 10.3. The van der Waals surface area contributed by atoms with Crippen LogP contribution >= 0.6 is 0 Å². The molecular weight excluding hydrogens is 500 g/mol. The molecule has 2 N–H and O–H groups in total. The Balaban J connectivity index is 1.19. The number of nitrogens with zero attached hydrogens (tertiary/aromatic N) is 3. The number of rotatable bonds is 9. The normalized spacial score (nSPS) is 13.6. The van der Waals surface area contributed by atoms with Crippen molar-refractivity contribution in [3.05, 3.63) is 113 Å². The summed E-state index contributed by atoms with van der Waals surface area (Å²) in [7, 11) is 1.89. The van der Waals surface area contributed by atoms with Gasteiger partial charge in [0.05, 0.1) is 17.4 Å². The molecule has 2 heterocycles. The van der Waals surface area contributed by atoms with Crippen LogP contribution in [-0.4, -0.2) is 40.4 Å². The highest BCUT2D eigenvalue weighted by Gasteiger charge is 2.18. The maximum Gasteiger partial charge on any atom is 0.168 e. The molecule has 1 aliphatic heterocycles. The van der Waals surface area contributed by atoms with Crippen molar-refractivity contribution in [2.24, 2.45) is 7.05 Å². The van der Waals surface area contributed by atoms with E-state index in [9.17, 15) is 20.0 Å². The predicted molar refractivity (Wildman–Crippen MR) is 156 cm³/mol. The standard InChI is InChI=1S/C33H32N4O3/c1-36-15-12-26(22-36)33(40)19-23-2-7-28(8-3-23)35-31-11-4-24(18-27(31)21-34)20-32(39)25-5-9-29(10-6-25)37-16-13-30(38)14-17-37/h2-12,15,18,22,30,35,38H,13-14,16-17,19-20H2,1H3. The quantitative estimate of drug-likeness (QED) is 0.278. The summed E-state index contributed by atoms with van der Waals surface area (Å²) < 4.78 is 1.86. The van der Waals surface area contributed by atoms with Gasteiger partial charge in [-0.05, 0) is 78.6 Å². The zero-order chi connectivity index (χ0) is 28.1. The minimum absolute atomic E-state index is 0.00847. The summed E-state index contributed by atoms with van der Waals surface area (Å²) in [6.07, 6.45) is 5.49. The van der Waals surface area contributed by atoms with E-state index in [2.05, 4.69) is 16.3 Å². The lowest BCUT2D eigenvalue weighted by molar-refractivity contribution is 0.0985. The SMILES string of the molecule is Cn1ccc(C(=O)Cc2ccc(Nc3ccc(CC(=O)c4ccc(N5CCC(O)CC5)cc4)cc3C#N)cc2)c1. The van der Waals surface area contributed by atoms with Gasteiger partial charge >= 0.3 is 0 Å². The molecule has 1 aromatic heterocycles. The number of hydrogen-bond donors (Lipinski definition) is 2. The van der Waals surface area contributed by atoms with Gasteiger partial charge in [0.25, 0.3) is 0 Å². The molecule has 202 valence electrons. The van der Waals surface area contributed by atoms with Crippen LogP contribution in [0.3, 0.4) is 0 Å². The van der Waals surface area contributed by atoms with Gasteiger partial charge in [-0.1, -0.05) is 18.2 Å². The highest BCUT2D eigenvalue weighted by Crippen LogP contribution is 2.25. The van der Waals surface area contributed by atoms with Gasteiger partial charge in [0, 0.05) is 67.9 Å². The van der Waals surface area contributed by atoms with E-state index >= 15 is 0 Å². The van der Waals surface area contributed by atoms with E-state index < -0.39 is 0 Å². The number of aliphatic hydroxyl groups excluding tert-OH is 1. The van der Waals surface area contributed by atoms with E-state index in [0.717, 1.165) is 48.4 Å². The molecule has 0 amide bonds. The Morgan fingerprint density at radius 3 is 2.20 bits per heavy atom. The van der Waals surface area contributed by atoms with Crippen LogP contribution in [0.25, 0.3) is 0 Å². The molecule has 1 saturated heterocycles. The van der Waals surface area contributed by atoms with Gasteiger partial charge in [0.2, 0.25) is 0 Å². The first kappa shape index (κ1) is 26.9. The molecule has 0 atom stereocenters. The molecule has 40 heavy (non-hydrogen) atoms. The summed E-state index contributed by atoms with van der Waals surface area (Å²) >= 11 is 0. The van der Waals surface area contributed by atoms with Crippen LogP contribution in [0.15, 0.2) is 85.2 Å². The summed E-state index contributed by atoms with van der Waals surface area (Å²) in [6, 6.07) is 24.7. The van der Waals surface area contributed by atoms with Crippen molar-refractivity contribution in [2.75, 3.05) is 23.3 Å². The van der Waals surface area contributed by atoms with Crippen molar-refractivity contribution in [2.45, 2.75) is 31.8 Å². The number of anilines is 3. The highest BCUT2D eigenvalue weighted by molar-refractivity contribution is 5.98. The zero-order valence-electron chi connectivity index (χ0n) is 22.5. The first-order valence-electron chi connectivity index (χ1n) is 13.5. The third kappa shape index (κ3) is 6.48. The van der Waals surface area contributed by atoms with Crippen LogP contribution in [0.2, 0.25) is 0 Å². The van der Waals surface area contributed by atoms with Crippen molar-refractivity contribution in [3.8, 4) is 6.07 Å². The number of ketones is 2. The third-order valence-corrected chi connectivity index (χ3v) is 7.34. The van der Waals surface area contributed by atoms with E-state index in [1.165, 1.54) is 0 Å². The summed E-state index contributed by atoms with van der Waals surface area (Å²) in [5, 5.41) is 22.8. The Labute approximate surface area is 234 Å². The molecule has 0 aliphatic carbocycles. The first-order chi connectivity index (χ1) is 19.4. The number of piperidine rings is 1. The fourth-order valence-electron chi connectivity index (χ4n) is 4.99. The molecule has 7 nitrogen and oxygen atoms in total. The third-order valence-electron chi connectivity index (χ3n) is 7.34. The number of benzene rings is 3. The molecule has 7 heteroatoms. The Morgan fingerprint density at radius 1 is 0.900 bits per heavy atom. The number of aryl methyl sites for hydroxylation is 1. The lowest BCUT2D eigenvalue weighted by Gasteiger charge is -2.31. The van der Waals surface area contributed by atoms with Crippen molar-refractivity contribution in [1.82, 2.24) is 4.57 Å². The van der Waals surface area contributed by atoms with Gasteiger partial charge in [-0.3, -0.25) is 9.59 Å². The number of aliphatic hydroxyl groups is 1. The van der Waals surface area contributed by atoms with Crippen LogP contribution in [0.5, 0.6) is 0 Å². The second kappa shape index (κ2) is 12.0. The lowest BCUT2D eigenvalue weighted by atomic mass is 10.00. The van der Waals surface area contributed by atoms with Gasteiger partial charge in [-0.2, -0.15) is 5.26 Å². The summed E-state index contributed by atoms with van der Waals surface area (Å²) in [5.74, 6) is 0.0581. The average molecular weight is 533 g/mol. The fraction of sp³-hybridized carbons (Fsp3) is 0.242. The Bertz CT molecular complexity index is 1540. The van der Waals surface area contributed by atoms with E-state index in [1.807, 2.05) is 90.7 Å².